The summed E-state index contributed by atoms with van der Waals surface area (Å²) < 4.78 is 33.9. The van der Waals surface area contributed by atoms with Crippen LogP contribution in [0.1, 0.15) is 156 Å². The highest BCUT2D eigenvalue weighted by molar-refractivity contribution is 5.69. The van der Waals surface area contributed by atoms with Gasteiger partial charge < -0.3 is 33.3 Å². The highest BCUT2D eigenvalue weighted by atomic mass is 16.7. The summed E-state index contributed by atoms with van der Waals surface area (Å²) in [7, 11) is 0. The summed E-state index contributed by atoms with van der Waals surface area (Å²) in [6, 6.07) is 0. The number of piperidine rings is 1. The largest absolute Gasteiger partial charge is 0.508 e. The zero-order valence-electron chi connectivity index (χ0n) is 36.5. The normalized spacial score (nSPS) is 15.7. The lowest BCUT2D eigenvalue weighted by atomic mass is 9.99. The van der Waals surface area contributed by atoms with Crippen molar-refractivity contribution in [2.24, 2.45) is 11.8 Å². The first-order valence-corrected chi connectivity index (χ1v) is 22.6. The maximum absolute atomic E-state index is 12.8. The Bertz CT molecular complexity index is 1080. The molecular formula is C47H81NO9. The molecule has 0 saturated carbocycles. The number of ether oxygens (including phenoxy) is 6. The van der Waals surface area contributed by atoms with E-state index in [2.05, 4.69) is 81.2 Å². The molecule has 0 aromatic rings. The van der Waals surface area contributed by atoms with Crippen molar-refractivity contribution in [3.05, 3.63) is 48.6 Å². The monoisotopic (exact) mass is 804 g/mol. The Morgan fingerprint density at radius 1 is 0.632 bits per heavy atom. The van der Waals surface area contributed by atoms with Crippen molar-refractivity contribution < 1.29 is 42.8 Å². The van der Waals surface area contributed by atoms with E-state index in [0.29, 0.717) is 32.7 Å². The van der Waals surface area contributed by atoms with Crippen LogP contribution in [-0.2, 0) is 38.0 Å². The van der Waals surface area contributed by atoms with Crippen molar-refractivity contribution in [3.8, 4) is 0 Å². The standard InChI is InChI=1S/C47H81NO9/c1-5-9-12-15-16-17-18-19-20-21-22-23-24-25-26-31-44(49)54-39-43(41-57-47(51)56-38-42-30-29-34-48(8-4)37-42)40-55-45(50)32-33-46(52-35-27-13-10-6-2)53-36-28-14-11-7-3/h10-11,13-14,16-17,19-20,42-43,46H,5-9,12,15,18,21-41H2,1-4H3/b13-10-,14-11-,17-16-,20-19-. The summed E-state index contributed by atoms with van der Waals surface area (Å²) in [6.07, 6.45) is 34.6. The van der Waals surface area contributed by atoms with E-state index in [-0.39, 0.29) is 38.1 Å². The lowest BCUT2D eigenvalue weighted by Gasteiger charge is -2.31. The predicted molar refractivity (Wildman–Crippen MR) is 230 cm³/mol. The van der Waals surface area contributed by atoms with Crippen LogP contribution < -0.4 is 0 Å². The third kappa shape index (κ3) is 32.7. The summed E-state index contributed by atoms with van der Waals surface area (Å²) in [5.74, 6) is -0.988. The first-order valence-electron chi connectivity index (χ1n) is 22.6. The van der Waals surface area contributed by atoms with Gasteiger partial charge in [0.2, 0.25) is 0 Å². The summed E-state index contributed by atoms with van der Waals surface area (Å²) in [6.45, 7) is 12.6. The van der Waals surface area contributed by atoms with Gasteiger partial charge >= 0.3 is 18.1 Å². The molecule has 1 heterocycles. The zero-order valence-corrected chi connectivity index (χ0v) is 36.5. The second kappa shape index (κ2) is 38.6. The van der Waals surface area contributed by atoms with Crippen LogP contribution in [0.5, 0.6) is 0 Å². The van der Waals surface area contributed by atoms with Gasteiger partial charge in [0.05, 0.1) is 32.2 Å². The average Bonchev–Trinajstić information content (AvgIpc) is 3.22. The molecule has 0 aliphatic carbocycles. The van der Waals surface area contributed by atoms with E-state index in [1.165, 1.54) is 25.7 Å². The van der Waals surface area contributed by atoms with Gasteiger partial charge in [-0.25, -0.2) is 4.79 Å². The fourth-order valence-corrected chi connectivity index (χ4v) is 6.33. The van der Waals surface area contributed by atoms with Gasteiger partial charge in [-0.15, -0.1) is 0 Å². The predicted octanol–water partition coefficient (Wildman–Crippen LogP) is 11.2. The smallest absolute Gasteiger partial charge is 0.465 e. The lowest BCUT2D eigenvalue weighted by molar-refractivity contribution is -0.160. The van der Waals surface area contributed by atoms with E-state index in [1.54, 1.807) is 0 Å². The molecule has 0 radical (unpaired) electrons. The van der Waals surface area contributed by atoms with Crippen molar-refractivity contribution in [1.29, 1.82) is 0 Å². The Labute approximate surface area is 347 Å². The highest BCUT2D eigenvalue weighted by Gasteiger charge is 2.22. The number of carbonyl (C=O) groups is 3. The number of hydrogen-bond acceptors (Lipinski definition) is 10. The highest BCUT2D eigenvalue weighted by Crippen LogP contribution is 2.17. The second-order valence-corrected chi connectivity index (χ2v) is 15.0. The SMILES string of the molecule is CC/C=C\CCOC(CCC(=O)OCC(COC(=O)CCCCCCC/C=C\C/C=C\CCCCC)COC(=O)OCC1CCCN(CC)C1)OCC/C=C\CC. The van der Waals surface area contributed by atoms with Crippen LogP contribution in [0.15, 0.2) is 48.6 Å². The molecule has 57 heavy (non-hydrogen) atoms. The number of esters is 2. The molecule has 1 aliphatic rings. The van der Waals surface area contributed by atoms with Crippen LogP contribution in [0, 0.1) is 11.8 Å². The lowest BCUT2D eigenvalue weighted by Crippen LogP contribution is -2.37. The summed E-state index contributed by atoms with van der Waals surface area (Å²) in [4.78, 5) is 40.4. The van der Waals surface area contributed by atoms with E-state index in [4.69, 9.17) is 28.4 Å². The number of unbranched alkanes of at least 4 members (excludes halogenated alkanes) is 8. The molecule has 2 unspecified atom stereocenters. The molecule has 10 nitrogen and oxygen atoms in total. The van der Waals surface area contributed by atoms with Crippen LogP contribution in [0.4, 0.5) is 4.79 Å². The number of hydrogen-bond donors (Lipinski definition) is 0. The number of likely N-dealkylation sites (tertiary alicyclic amines) is 1. The van der Waals surface area contributed by atoms with Gasteiger partial charge in [0.15, 0.2) is 6.29 Å². The molecule has 1 saturated heterocycles. The minimum absolute atomic E-state index is 0.0286. The van der Waals surface area contributed by atoms with Gasteiger partial charge in [-0.1, -0.05) is 108 Å². The van der Waals surface area contributed by atoms with Crippen LogP contribution >= 0.6 is 0 Å². The van der Waals surface area contributed by atoms with Crippen LogP contribution in [0.25, 0.3) is 0 Å². The third-order valence-electron chi connectivity index (χ3n) is 9.78. The molecule has 328 valence electrons. The molecule has 10 heteroatoms. The summed E-state index contributed by atoms with van der Waals surface area (Å²) >= 11 is 0. The molecule has 0 bridgehead atoms. The number of nitrogens with zero attached hydrogens (tertiary/aromatic N) is 1. The van der Waals surface area contributed by atoms with Gasteiger partial charge in [-0.2, -0.15) is 0 Å². The molecule has 2 atom stereocenters. The topological polar surface area (TPSA) is 110 Å². The molecule has 0 aromatic carbocycles. The molecule has 1 fully saturated rings. The molecule has 1 rings (SSSR count). The Morgan fingerprint density at radius 2 is 1.21 bits per heavy atom. The minimum atomic E-state index is -0.767. The number of carbonyl (C=O) groups excluding carboxylic acids is 3. The van der Waals surface area contributed by atoms with E-state index in [0.717, 1.165) is 103 Å². The zero-order chi connectivity index (χ0) is 41.4. The van der Waals surface area contributed by atoms with Crippen molar-refractivity contribution in [3.63, 3.8) is 0 Å². The molecule has 0 amide bonds. The van der Waals surface area contributed by atoms with Crippen LogP contribution in [-0.4, -0.2) is 88.6 Å². The minimum Gasteiger partial charge on any atom is -0.465 e. The van der Waals surface area contributed by atoms with E-state index in [1.807, 2.05) is 0 Å². The van der Waals surface area contributed by atoms with E-state index in [9.17, 15) is 14.4 Å². The van der Waals surface area contributed by atoms with E-state index < -0.39 is 24.3 Å². The molecule has 0 N–H and O–H groups in total. The fourth-order valence-electron chi connectivity index (χ4n) is 6.33. The molecule has 1 aliphatic heterocycles. The second-order valence-electron chi connectivity index (χ2n) is 15.0. The number of allylic oxidation sites excluding steroid dienone is 6. The Balaban J connectivity index is 2.52. The van der Waals surface area contributed by atoms with Crippen LogP contribution in [0.2, 0.25) is 0 Å². The average molecular weight is 804 g/mol. The molecular weight excluding hydrogens is 723 g/mol. The number of rotatable bonds is 36. The molecule has 0 aromatic heterocycles. The summed E-state index contributed by atoms with van der Waals surface area (Å²) in [5, 5.41) is 0. The Kier molecular flexibility index (Phi) is 35.2. The van der Waals surface area contributed by atoms with Crippen LogP contribution in [0.3, 0.4) is 0 Å². The first kappa shape index (κ1) is 52.1. The van der Waals surface area contributed by atoms with E-state index >= 15 is 0 Å². The summed E-state index contributed by atoms with van der Waals surface area (Å²) in [5.41, 5.74) is 0. The van der Waals surface area contributed by atoms with Crippen molar-refractivity contribution >= 4 is 18.1 Å². The van der Waals surface area contributed by atoms with Crippen molar-refractivity contribution in [2.45, 2.75) is 162 Å². The Hall–Kier alpha value is -2.95. The fraction of sp³-hybridized carbons (Fsp3) is 0.766. The van der Waals surface area contributed by atoms with Crippen molar-refractivity contribution in [1.82, 2.24) is 4.90 Å². The van der Waals surface area contributed by atoms with Gasteiger partial charge in [0, 0.05) is 25.3 Å². The maximum Gasteiger partial charge on any atom is 0.508 e. The van der Waals surface area contributed by atoms with Gasteiger partial charge in [0.25, 0.3) is 0 Å². The quantitative estimate of drug-likeness (QED) is 0.0200. The van der Waals surface area contributed by atoms with Gasteiger partial charge in [-0.3, -0.25) is 9.59 Å². The Morgan fingerprint density at radius 3 is 1.84 bits per heavy atom. The van der Waals surface area contributed by atoms with Crippen molar-refractivity contribution in [2.75, 3.05) is 59.3 Å². The third-order valence-corrected chi connectivity index (χ3v) is 9.78. The maximum atomic E-state index is 12.8. The van der Waals surface area contributed by atoms with Gasteiger partial charge in [-0.05, 0) is 90.1 Å². The van der Waals surface area contributed by atoms with Gasteiger partial charge in [0.1, 0.15) is 19.8 Å². The molecule has 0 spiro atoms. The first-order chi connectivity index (χ1) is 27.9.